The number of carboxylic acids is 1. The molecule has 2 N–H and O–H groups in total. The van der Waals surface area contributed by atoms with Crippen molar-refractivity contribution in [3.63, 3.8) is 0 Å². The standard InChI is InChI=1S/C10H13NO5S2/c1-6-2-8(17-9(6)10(13)14)18(15,16)11-3-7(4-11)5-12/h2,7,12H,3-5H2,1H3,(H,13,14). The fourth-order valence-electron chi connectivity index (χ4n) is 1.75. The number of hydrogen-bond donors (Lipinski definition) is 2. The Morgan fingerprint density at radius 1 is 1.56 bits per heavy atom. The minimum absolute atomic E-state index is 0.0141. The molecule has 1 aromatic rings. The zero-order valence-corrected chi connectivity index (χ0v) is 11.3. The Bertz CT molecular complexity index is 571. The average molecular weight is 291 g/mol. The molecule has 8 heteroatoms. The van der Waals surface area contributed by atoms with Gasteiger partial charge >= 0.3 is 5.97 Å². The summed E-state index contributed by atoms with van der Waals surface area (Å²) in [5, 5.41) is 17.8. The number of thiophene rings is 1. The predicted molar refractivity (Wildman–Crippen MR) is 65.3 cm³/mol. The molecule has 0 spiro atoms. The van der Waals surface area contributed by atoms with E-state index in [-0.39, 0.29) is 34.7 Å². The van der Waals surface area contributed by atoms with E-state index in [1.54, 1.807) is 6.92 Å². The second-order valence-corrected chi connectivity index (χ2v) is 7.47. The van der Waals surface area contributed by atoms with Gasteiger partial charge in [-0.05, 0) is 18.6 Å². The van der Waals surface area contributed by atoms with E-state index in [0.29, 0.717) is 5.56 Å². The van der Waals surface area contributed by atoms with Gasteiger partial charge in [-0.2, -0.15) is 4.31 Å². The first-order valence-corrected chi connectivity index (χ1v) is 7.56. The zero-order valence-electron chi connectivity index (χ0n) is 9.66. The number of carbonyl (C=O) groups is 1. The molecular weight excluding hydrogens is 278 g/mol. The molecule has 100 valence electrons. The van der Waals surface area contributed by atoms with Gasteiger partial charge in [0, 0.05) is 25.6 Å². The fraction of sp³-hybridized carbons (Fsp3) is 0.500. The highest BCUT2D eigenvalue weighted by Gasteiger charge is 2.37. The second kappa shape index (κ2) is 4.61. The third-order valence-corrected chi connectivity index (χ3v) is 6.37. The van der Waals surface area contributed by atoms with E-state index in [1.807, 2.05) is 0 Å². The van der Waals surface area contributed by atoms with E-state index in [2.05, 4.69) is 0 Å². The van der Waals surface area contributed by atoms with Crippen LogP contribution in [0.1, 0.15) is 15.2 Å². The lowest BCUT2D eigenvalue weighted by molar-refractivity contribution is 0.0701. The van der Waals surface area contributed by atoms with Gasteiger partial charge in [0.1, 0.15) is 9.09 Å². The van der Waals surface area contributed by atoms with Crippen molar-refractivity contribution in [2.45, 2.75) is 11.1 Å². The van der Waals surface area contributed by atoms with Gasteiger partial charge in [0.05, 0.1) is 0 Å². The molecule has 0 atom stereocenters. The van der Waals surface area contributed by atoms with Crippen LogP contribution in [0.25, 0.3) is 0 Å². The van der Waals surface area contributed by atoms with Crippen molar-refractivity contribution < 1.29 is 23.4 Å². The van der Waals surface area contributed by atoms with Gasteiger partial charge < -0.3 is 10.2 Å². The molecule has 0 amide bonds. The predicted octanol–water partition coefficient (Wildman–Crippen LogP) is 0.368. The third-order valence-electron chi connectivity index (χ3n) is 2.87. The quantitative estimate of drug-likeness (QED) is 0.835. The normalized spacial score (nSPS) is 17.7. The van der Waals surface area contributed by atoms with Crippen LogP contribution in [-0.4, -0.2) is 48.6 Å². The summed E-state index contributed by atoms with van der Waals surface area (Å²) in [4.78, 5) is 10.9. The lowest BCUT2D eigenvalue weighted by atomic mass is 10.1. The minimum atomic E-state index is -3.60. The first kappa shape index (κ1) is 13.5. The monoisotopic (exact) mass is 291 g/mol. The van der Waals surface area contributed by atoms with Gasteiger partial charge in [-0.25, -0.2) is 13.2 Å². The zero-order chi connectivity index (χ0) is 13.5. The molecule has 6 nitrogen and oxygen atoms in total. The molecule has 0 bridgehead atoms. The van der Waals surface area contributed by atoms with E-state index in [4.69, 9.17) is 10.2 Å². The van der Waals surface area contributed by atoms with Crippen molar-refractivity contribution in [2.24, 2.45) is 5.92 Å². The summed E-state index contributed by atoms with van der Waals surface area (Å²) in [6.07, 6.45) is 0. The van der Waals surface area contributed by atoms with Crippen LogP contribution in [0.15, 0.2) is 10.3 Å². The maximum atomic E-state index is 12.1. The number of rotatable bonds is 4. The Morgan fingerprint density at radius 3 is 2.61 bits per heavy atom. The Morgan fingerprint density at radius 2 is 2.17 bits per heavy atom. The summed E-state index contributed by atoms with van der Waals surface area (Å²) in [6, 6.07) is 1.38. The van der Waals surface area contributed by atoms with Crippen molar-refractivity contribution in [2.75, 3.05) is 19.7 Å². The molecular formula is C10H13NO5S2. The molecule has 0 aromatic carbocycles. The van der Waals surface area contributed by atoms with Gasteiger partial charge in [0.15, 0.2) is 0 Å². The molecule has 1 aliphatic rings. The van der Waals surface area contributed by atoms with Crippen LogP contribution in [0.5, 0.6) is 0 Å². The molecule has 0 radical (unpaired) electrons. The van der Waals surface area contributed by atoms with Crippen LogP contribution in [0.2, 0.25) is 0 Å². The number of aromatic carboxylic acids is 1. The number of aryl methyl sites for hydroxylation is 1. The van der Waals surface area contributed by atoms with Crippen LogP contribution in [-0.2, 0) is 10.0 Å². The number of aliphatic hydroxyl groups is 1. The Hall–Kier alpha value is -0.960. The summed E-state index contributed by atoms with van der Waals surface area (Å²) < 4.78 is 25.6. The highest BCUT2D eigenvalue weighted by molar-refractivity contribution is 7.91. The van der Waals surface area contributed by atoms with Crippen LogP contribution >= 0.6 is 11.3 Å². The van der Waals surface area contributed by atoms with Crippen molar-refractivity contribution in [3.05, 3.63) is 16.5 Å². The van der Waals surface area contributed by atoms with E-state index in [0.717, 1.165) is 11.3 Å². The van der Waals surface area contributed by atoms with E-state index in [1.165, 1.54) is 10.4 Å². The van der Waals surface area contributed by atoms with Crippen molar-refractivity contribution >= 4 is 27.3 Å². The highest BCUT2D eigenvalue weighted by Crippen LogP contribution is 2.31. The lowest BCUT2D eigenvalue weighted by Crippen LogP contribution is -2.50. The summed E-state index contributed by atoms with van der Waals surface area (Å²) >= 11 is 0.769. The summed E-state index contributed by atoms with van der Waals surface area (Å²) in [7, 11) is -3.60. The lowest BCUT2D eigenvalue weighted by Gasteiger charge is -2.36. The minimum Gasteiger partial charge on any atom is -0.477 e. The Labute approximate surface area is 109 Å². The smallest absolute Gasteiger partial charge is 0.346 e. The fourth-order valence-corrected chi connectivity index (χ4v) is 4.88. The molecule has 0 aliphatic carbocycles. The molecule has 1 fully saturated rings. The van der Waals surface area contributed by atoms with Crippen LogP contribution in [0.3, 0.4) is 0 Å². The third kappa shape index (κ3) is 2.16. The molecule has 1 aromatic heterocycles. The van der Waals surface area contributed by atoms with Crippen molar-refractivity contribution in [1.82, 2.24) is 4.31 Å². The maximum absolute atomic E-state index is 12.1. The second-order valence-electron chi connectivity index (χ2n) is 4.25. The Balaban J connectivity index is 2.26. The van der Waals surface area contributed by atoms with Crippen LogP contribution < -0.4 is 0 Å². The Kier molecular flexibility index (Phi) is 3.45. The van der Waals surface area contributed by atoms with Crippen LogP contribution in [0.4, 0.5) is 0 Å². The largest absolute Gasteiger partial charge is 0.477 e. The number of nitrogens with zero attached hydrogens (tertiary/aromatic N) is 1. The number of carboxylic acid groups (broad SMARTS) is 1. The van der Waals surface area contributed by atoms with Gasteiger partial charge in [0.2, 0.25) is 0 Å². The number of aliphatic hydroxyl groups excluding tert-OH is 1. The molecule has 2 rings (SSSR count). The first-order valence-electron chi connectivity index (χ1n) is 5.31. The molecule has 0 saturated carbocycles. The number of hydrogen-bond acceptors (Lipinski definition) is 5. The molecule has 1 aliphatic heterocycles. The average Bonchev–Trinajstić information content (AvgIpc) is 2.59. The maximum Gasteiger partial charge on any atom is 0.346 e. The summed E-state index contributed by atoms with van der Waals surface area (Å²) in [6.45, 7) is 2.12. The van der Waals surface area contributed by atoms with E-state index >= 15 is 0 Å². The topological polar surface area (TPSA) is 94.9 Å². The van der Waals surface area contributed by atoms with Gasteiger partial charge in [-0.15, -0.1) is 11.3 Å². The molecule has 1 saturated heterocycles. The van der Waals surface area contributed by atoms with Gasteiger partial charge in [-0.1, -0.05) is 0 Å². The SMILES string of the molecule is Cc1cc(S(=O)(=O)N2CC(CO)C2)sc1C(=O)O. The van der Waals surface area contributed by atoms with Gasteiger partial charge in [-0.3, -0.25) is 0 Å². The summed E-state index contributed by atoms with van der Waals surface area (Å²) in [5.74, 6) is -1.13. The molecule has 2 heterocycles. The summed E-state index contributed by atoms with van der Waals surface area (Å²) in [5.41, 5.74) is 0.449. The van der Waals surface area contributed by atoms with Crippen molar-refractivity contribution in [1.29, 1.82) is 0 Å². The van der Waals surface area contributed by atoms with E-state index < -0.39 is 16.0 Å². The molecule has 0 unspecified atom stereocenters. The van der Waals surface area contributed by atoms with E-state index in [9.17, 15) is 13.2 Å². The number of sulfonamides is 1. The van der Waals surface area contributed by atoms with Crippen LogP contribution in [0, 0.1) is 12.8 Å². The van der Waals surface area contributed by atoms with Gasteiger partial charge in [0.25, 0.3) is 10.0 Å². The highest BCUT2D eigenvalue weighted by atomic mass is 32.2. The van der Waals surface area contributed by atoms with Crippen molar-refractivity contribution in [3.8, 4) is 0 Å². The first-order chi connectivity index (χ1) is 8.36. The molecule has 18 heavy (non-hydrogen) atoms.